The van der Waals surface area contributed by atoms with Gasteiger partial charge in [-0.15, -0.1) is 12.4 Å². The molecular formula is C14H21Cl2FN2. The number of nitrogens with one attached hydrogen (secondary N) is 1. The van der Waals surface area contributed by atoms with E-state index < -0.39 is 0 Å². The maximum Gasteiger partial charge on any atom is 0.129 e. The van der Waals surface area contributed by atoms with E-state index in [2.05, 4.69) is 17.1 Å². The first-order valence-corrected chi connectivity index (χ1v) is 7.00. The van der Waals surface area contributed by atoms with E-state index in [4.69, 9.17) is 11.6 Å². The number of piperazine rings is 1. The number of rotatable bonds is 4. The van der Waals surface area contributed by atoms with Gasteiger partial charge in [-0.1, -0.05) is 31.0 Å². The van der Waals surface area contributed by atoms with Crippen molar-refractivity contribution in [3.05, 3.63) is 34.6 Å². The predicted octanol–water partition coefficient (Wildman–Crippen LogP) is 3.65. The Morgan fingerprint density at radius 3 is 2.63 bits per heavy atom. The first kappa shape index (κ1) is 16.7. The summed E-state index contributed by atoms with van der Waals surface area (Å²) < 4.78 is 14.1. The van der Waals surface area contributed by atoms with Crippen LogP contribution in [0.25, 0.3) is 0 Å². The third-order valence-electron chi connectivity index (χ3n) is 3.48. The lowest BCUT2D eigenvalue weighted by atomic mass is 9.99. The Bertz CT molecular complexity index is 395. The van der Waals surface area contributed by atoms with Crippen LogP contribution in [0.5, 0.6) is 0 Å². The molecule has 0 unspecified atom stereocenters. The van der Waals surface area contributed by atoms with Crippen molar-refractivity contribution < 1.29 is 4.39 Å². The van der Waals surface area contributed by atoms with Crippen LogP contribution in [0.2, 0.25) is 5.02 Å². The van der Waals surface area contributed by atoms with Crippen LogP contribution in [-0.2, 0) is 0 Å². The minimum atomic E-state index is -0.181. The van der Waals surface area contributed by atoms with Crippen LogP contribution in [0.3, 0.4) is 0 Å². The van der Waals surface area contributed by atoms with Gasteiger partial charge in [-0.05, 0) is 18.6 Å². The number of nitrogens with zero attached hydrogens (tertiary/aromatic N) is 1. The summed E-state index contributed by atoms with van der Waals surface area (Å²) in [6, 6.07) is 5.21. The van der Waals surface area contributed by atoms with E-state index in [1.54, 1.807) is 6.07 Å². The van der Waals surface area contributed by atoms with E-state index >= 15 is 0 Å². The van der Waals surface area contributed by atoms with Crippen LogP contribution in [0.4, 0.5) is 4.39 Å². The van der Waals surface area contributed by atoms with Gasteiger partial charge in [0.15, 0.2) is 0 Å². The van der Waals surface area contributed by atoms with E-state index in [0.717, 1.165) is 44.6 Å². The molecule has 0 spiro atoms. The highest BCUT2D eigenvalue weighted by Gasteiger charge is 2.23. The number of hydrogen-bond donors (Lipinski definition) is 1. The summed E-state index contributed by atoms with van der Waals surface area (Å²) in [6.07, 6.45) is 2.04. The topological polar surface area (TPSA) is 15.3 Å². The Morgan fingerprint density at radius 2 is 2.05 bits per heavy atom. The van der Waals surface area contributed by atoms with Gasteiger partial charge in [0.05, 0.1) is 0 Å². The molecule has 1 aromatic rings. The third-order valence-corrected chi connectivity index (χ3v) is 3.71. The Hall–Kier alpha value is -0.350. The highest BCUT2D eigenvalue weighted by Crippen LogP contribution is 2.29. The predicted molar refractivity (Wildman–Crippen MR) is 80.7 cm³/mol. The summed E-state index contributed by atoms with van der Waals surface area (Å²) >= 11 is 5.82. The van der Waals surface area contributed by atoms with Crippen molar-refractivity contribution in [1.29, 1.82) is 0 Å². The minimum absolute atomic E-state index is 0. The molecule has 0 amide bonds. The summed E-state index contributed by atoms with van der Waals surface area (Å²) in [5, 5.41) is 3.79. The lowest BCUT2D eigenvalue weighted by molar-refractivity contribution is 0.161. The van der Waals surface area contributed by atoms with Gasteiger partial charge in [0.1, 0.15) is 5.82 Å². The quantitative estimate of drug-likeness (QED) is 0.913. The monoisotopic (exact) mass is 306 g/mol. The molecule has 108 valence electrons. The summed E-state index contributed by atoms with van der Waals surface area (Å²) in [6.45, 7) is 6.06. The van der Waals surface area contributed by atoms with E-state index in [9.17, 15) is 4.39 Å². The van der Waals surface area contributed by atoms with Gasteiger partial charge in [-0.2, -0.15) is 0 Å². The first-order valence-electron chi connectivity index (χ1n) is 6.62. The fraction of sp³-hybridized carbons (Fsp3) is 0.571. The SMILES string of the molecule is CCC[C@H](c1ccc(Cl)cc1F)N1CCNCC1.Cl. The van der Waals surface area contributed by atoms with Crippen molar-refractivity contribution in [2.75, 3.05) is 26.2 Å². The molecule has 0 saturated carbocycles. The van der Waals surface area contributed by atoms with E-state index in [1.807, 2.05) is 6.07 Å². The van der Waals surface area contributed by atoms with Crippen LogP contribution in [0.1, 0.15) is 31.4 Å². The molecule has 2 rings (SSSR count). The van der Waals surface area contributed by atoms with Gasteiger partial charge >= 0.3 is 0 Å². The fourth-order valence-corrected chi connectivity index (χ4v) is 2.73. The molecule has 0 aliphatic carbocycles. The van der Waals surface area contributed by atoms with Crippen molar-refractivity contribution >= 4 is 24.0 Å². The van der Waals surface area contributed by atoms with Crippen molar-refractivity contribution in [3.63, 3.8) is 0 Å². The maximum atomic E-state index is 14.1. The average molecular weight is 307 g/mol. The second kappa shape index (κ2) is 8.05. The van der Waals surface area contributed by atoms with Crippen LogP contribution in [0.15, 0.2) is 18.2 Å². The summed E-state index contributed by atoms with van der Waals surface area (Å²) in [4.78, 5) is 2.37. The van der Waals surface area contributed by atoms with Crippen molar-refractivity contribution in [3.8, 4) is 0 Å². The van der Waals surface area contributed by atoms with Gasteiger partial charge in [0.25, 0.3) is 0 Å². The van der Waals surface area contributed by atoms with Crippen LogP contribution in [0, 0.1) is 5.82 Å². The molecule has 1 saturated heterocycles. The molecule has 2 nitrogen and oxygen atoms in total. The highest BCUT2D eigenvalue weighted by molar-refractivity contribution is 6.30. The van der Waals surface area contributed by atoms with Crippen LogP contribution < -0.4 is 5.32 Å². The van der Waals surface area contributed by atoms with E-state index in [-0.39, 0.29) is 24.3 Å². The highest BCUT2D eigenvalue weighted by atomic mass is 35.5. The molecule has 0 bridgehead atoms. The Balaban J connectivity index is 0.00000180. The second-order valence-corrected chi connectivity index (χ2v) is 5.19. The lowest BCUT2D eigenvalue weighted by Crippen LogP contribution is -2.45. The molecule has 1 aliphatic rings. The molecule has 1 N–H and O–H groups in total. The maximum absolute atomic E-state index is 14.1. The van der Waals surface area contributed by atoms with E-state index in [0.29, 0.717) is 5.02 Å². The first-order chi connectivity index (χ1) is 8.72. The molecular weight excluding hydrogens is 286 g/mol. The molecule has 0 radical (unpaired) electrons. The Kier molecular flexibility index (Phi) is 7.08. The average Bonchev–Trinajstić information content (AvgIpc) is 2.38. The van der Waals surface area contributed by atoms with E-state index in [1.165, 1.54) is 6.07 Å². The van der Waals surface area contributed by atoms with Crippen molar-refractivity contribution in [1.82, 2.24) is 10.2 Å². The normalized spacial score (nSPS) is 17.8. The zero-order valence-corrected chi connectivity index (χ0v) is 12.7. The number of halogens is 3. The molecule has 1 aliphatic heterocycles. The molecule has 1 heterocycles. The summed E-state index contributed by atoms with van der Waals surface area (Å²) in [5.74, 6) is -0.181. The Morgan fingerprint density at radius 1 is 1.37 bits per heavy atom. The van der Waals surface area contributed by atoms with Crippen molar-refractivity contribution in [2.24, 2.45) is 0 Å². The van der Waals surface area contributed by atoms with Gasteiger partial charge < -0.3 is 5.32 Å². The van der Waals surface area contributed by atoms with Crippen LogP contribution >= 0.6 is 24.0 Å². The zero-order valence-electron chi connectivity index (χ0n) is 11.2. The molecule has 1 fully saturated rings. The van der Waals surface area contributed by atoms with Gasteiger partial charge in [-0.25, -0.2) is 4.39 Å². The third kappa shape index (κ3) is 4.32. The molecule has 0 aromatic heterocycles. The van der Waals surface area contributed by atoms with Gasteiger partial charge in [0, 0.05) is 42.8 Å². The second-order valence-electron chi connectivity index (χ2n) is 4.76. The summed E-state index contributed by atoms with van der Waals surface area (Å²) in [7, 11) is 0. The minimum Gasteiger partial charge on any atom is -0.314 e. The molecule has 19 heavy (non-hydrogen) atoms. The number of hydrogen-bond acceptors (Lipinski definition) is 2. The number of benzene rings is 1. The van der Waals surface area contributed by atoms with Gasteiger partial charge in [0.2, 0.25) is 0 Å². The smallest absolute Gasteiger partial charge is 0.129 e. The standard InChI is InChI=1S/C14H20ClFN2.ClH/c1-2-3-14(18-8-6-17-7-9-18)12-5-4-11(15)10-13(12)16;/h4-5,10,14,17H,2-3,6-9H2,1H3;1H/t14-;/m1./s1. The molecule has 1 aromatic carbocycles. The zero-order chi connectivity index (χ0) is 13.0. The Labute approximate surface area is 125 Å². The van der Waals surface area contributed by atoms with Gasteiger partial charge in [-0.3, -0.25) is 4.90 Å². The fourth-order valence-electron chi connectivity index (χ4n) is 2.57. The van der Waals surface area contributed by atoms with Crippen molar-refractivity contribution in [2.45, 2.75) is 25.8 Å². The molecule has 1 atom stereocenters. The largest absolute Gasteiger partial charge is 0.314 e. The lowest BCUT2D eigenvalue weighted by Gasteiger charge is -2.35. The van der Waals surface area contributed by atoms with Crippen LogP contribution in [-0.4, -0.2) is 31.1 Å². The molecule has 5 heteroatoms. The summed E-state index contributed by atoms with van der Waals surface area (Å²) in [5.41, 5.74) is 0.781.